The van der Waals surface area contributed by atoms with Gasteiger partial charge in [0.2, 0.25) is 0 Å². The summed E-state index contributed by atoms with van der Waals surface area (Å²) in [6.45, 7) is 0. The average Bonchev–Trinajstić information content (AvgIpc) is 2.05. The largest absolute Gasteiger partial charge is 0.175 e. The Balaban J connectivity index is 2.80. The van der Waals surface area contributed by atoms with Gasteiger partial charge in [0.15, 0.2) is 0 Å². The second-order valence-corrected chi connectivity index (χ2v) is 2.99. The molecule has 0 fully saturated rings. The summed E-state index contributed by atoms with van der Waals surface area (Å²) in [7, 11) is 0. The molecule has 0 spiro atoms. The first-order chi connectivity index (χ1) is 4.86. The van der Waals surface area contributed by atoms with Gasteiger partial charge in [0, 0.05) is 11.1 Å². The molecule has 0 atom stereocenters. The Bertz CT molecular complexity index is 170. The Morgan fingerprint density at radius 3 is 2.00 bits per heavy atom. The second kappa shape index (κ2) is 4.04. The Morgan fingerprint density at radius 1 is 1.10 bits per heavy atom. The van der Waals surface area contributed by atoms with E-state index in [-0.39, 0.29) is 0 Å². The average molecular weight is 217 g/mol. The van der Waals surface area contributed by atoms with Crippen molar-refractivity contribution < 1.29 is 0 Å². The van der Waals surface area contributed by atoms with E-state index in [0.717, 1.165) is 11.1 Å². The molecule has 54 valence electrons. The van der Waals surface area contributed by atoms with E-state index < -0.39 is 0 Å². The highest BCUT2D eigenvalue weighted by molar-refractivity contribution is 9.08. The number of hydrogen-bond donors (Lipinski definition) is 1. The van der Waals surface area contributed by atoms with Crippen LogP contribution < -0.4 is 0 Å². The van der Waals surface area contributed by atoms with Gasteiger partial charge in [-0.3, -0.25) is 0 Å². The Kier molecular flexibility index (Phi) is 3.29. The van der Waals surface area contributed by atoms with E-state index in [4.69, 9.17) is 0 Å². The number of benzene rings is 1. The van der Waals surface area contributed by atoms with Crippen LogP contribution >= 0.6 is 28.6 Å². The zero-order chi connectivity index (χ0) is 7.40. The molecule has 0 N–H and O–H groups in total. The predicted octanol–water partition coefficient (Wildman–Crippen LogP) is 3.01. The zero-order valence-corrected chi connectivity index (χ0v) is 8.03. The van der Waals surface area contributed by atoms with Crippen LogP contribution in [0.25, 0.3) is 0 Å². The van der Waals surface area contributed by atoms with Gasteiger partial charge in [-0.15, -0.1) is 0 Å². The van der Waals surface area contributed by atoms with Crippen molar-refractivity contribution >= 4 is 28.6 Å². The van der Waals surface area contributed by atoms with Gasteiger partial charge in [0.25, 0.3) is 0 Å². The molecule has 0 aliphatic rings. The van der Waals surface area contributed by atoms with Crippen molar-refractivity contribution in [3.8, 4) is 0 Å². The number of thiol groups is 1. The third-order valence-electron chi connectivity index (χ3n) is 1.36. The van der Waals surface area contributed by atoms with Crippen LogP contribution in [0.5, 0.6) is 0 Å². The van der Waals surface area contributed by atoms with E-state index in [1.165, 1.54) is 11.1 Å². The summed E-state index contributed by atoms with van der Waals surface area (Å²) in [5, 5.41) is 0.930. The SMILES string of the molecule is SCc1ccc(CBr)cc1. The zero-order valence-electron chi connectivity index (χ0n) is 5.55. The van der Waals surface area contributed by atoms with Gasteiger partial charge in [-0.05, 0) is 11.1 Å². The first kappa shape index (κ1) is 8.15. The molecule has 0 amide bonds. The van der Waals surface area contributed by atoms with Gasteiger partial charge in [-0.1, -0.05) is 40.2 Å². The molecule has 0 unspecified atom stereocenters. The van der Waals surface area contributed by atoms with Gasteiger partial charge in [-0.25, -0.2) is 0 Å². The first-order valence-electron chi connectivity index (χ1n) is 3.11. The van der Waals surface area contributed by atoms with E-state index in [1.54, 1.807) is 0 Å². The lowest BCUT2D eigenvalue weighted by Crippen LogP contribution is -1.79. The molecule has 0 bridgehead atoms. The van der Waals surface area contributed by atoms with E-state index in [9.17, 15) is 0 Å². The molecule has 0 radical (unpaired) electrons. The minimum absolute atomic E-state index is 0.822. The van der Waals surface area contributed by atoms with Gasteiger partial charge in [0.1, 0.15) is 0 Å². The summed E-state index contributed by atoms with van der Waals surface area (Å²) in [5.74, 6) is 0.822. The third kappa shape index (κ3) is 2.03. The van der Waals surface area contributed by atoms with Crippen LogP contribution in [0.2, 0.25) is 0 Å². The van der Waals surface area contributed by atoms with Crippen LogP contribution in [0.3, 0.4) is 0 Å². The molecule has 0 heterocycles. The molecule has 0 aromatic heterocycles. The Morgan fingerprint density at radius 2 is 1.60 bits per heavy atom. The summed E-state index contributed by atoms with van der Waals surface area (Å²) < 4.78 is 0. The minimum atomic E-state index is 0.822. The van der Waals surface area contributed by atoms with E-state index in [2.05, 4.69) is 52.8 Å². The Hall–Kier alpha value is 0.0500. The van der Waals surface area contributed by atoms with Gasteiger partial charge in [-0.2, -0.15) is 12.6 Å². The normalized spacial score (nSPS) is 9.80. The summed E-state index contributed by atoms with van der Waals surface area (Å²) in [6, 6.07) is 8.42. The standard InChI is InChI=1S/C8H9BrS/c9-5-7-1-3-8(6-10)4-2-7/h1-4,10H,5-6H2. The van der Waals surface area contributed by atoms with Crippen molar-refractivity contribution in [2.45, 2.75) is 11.1 Å². The molecule has 1 aromatic rings. The van der Waals surface area contributed by atoms with Crippen molar-refractivity contribution in [3.05, 3.63) is 35.4 Å². The Labute approximate surface area is 75.2 Å². The smallest absolute Gasteiger partial charge is 0.0283 e. The quantitative estimate of drug-likeness (QED) is 0.571. The maximum absolute atomic E-state index is 4.16. The lowest BCUT2D eigenvalue weighted by Gasteiger charge is -1.96. The molecule has 0 nitrogen and oxygen atoms in total. The first-order valence-corrected chi connectivity index (χ1v) is 4.87. The van der Waals surface area contributed by atoms with E-state index >= 15 is 0 Å². The van der Waals surface area contributed by atoms with Crippen LogP contribution in [0, 0.1) is 0 Å². The van der Waals surface area contributed by atoms with Crippen LogP contribution in [-0.4, -0.2) is 0 Å². The fourth-order valence-corrected chi connectivity index (χ4v) is 1.32. The molecule has 0 aliphatic carbocycles. The fourth-order valence-electron chi connectivity index (χ4n) is 0.734. The molecular formula is C8H9BrS. The fraction of sp³-hybridized carbons (Fsp3) is 0.250. The van der Waals surface area contributed by atoms with Gasteiger partial charge < -0.3 is 0 Å². The molecule has 0 aliphatic heterocycles. The molecule has 10 heavy (non-hydrogen) atoms. The molecule has 1 rings (SSSR count). The summed E-state index contributed by atoms with van der Waals surface area (Å²) in [6.07, 6.45) is 0. The van der Waals surface area contributed by atoms with Crippen molar-refractivity contribution in [2.24, 2.45) is 0 Å². The predicted molar refractivity (Wildman–Crippen MR) is 51.8 cm³/mol. The van der Waals surface area contributed by atoms with Crippen molar-refractivity contribution in [1.29, 1.82) is 0 Å². The number of hydrogen-bond acceptors (Lipinski definition) is 1. The van der Waals surface area contributed by atoms with Gasteiger partial charge in [0.05, 0.1) is 0 Å². The molecule has 2 heteroatoms. The summed E-state index contributed by atoms with van der Waals surface area (Å²) in [5.41, 5.74) is 2.58. The topological polar surface area (TPSA) is 0 Å². The lowest BCUT2D eigenvalue weighted by molar-refractivity contribution is 1.36. The highest BCUT2D eigenvalue weighted by Gasteiger charge is 1.89. The van der Waals surface area contributed by atoms with Crippen molar-refractivity contribution in [2.75, 3.05) is 0 Å². The molecular weight excluding hydrogens is 208 g/mol. The van der Waals surface area contributed by atoms with Crippen LogP contribution in [0.4, 0.5) is 0 Å². The number of halogens is 1. The van der Waals surface area contributed by atoms with Crippen molar-refractivity contribution in [3.63, 3.8) is 0 Å². The highest BCUT2D eigenvalue weighted by Crippen LogP contribution is 2.08. The van der Waals surface area contributed by atoms with E-state index in [0.29, 0.717) is 0 Å². The van der Waals surface area contributed by atoms with Gasteiger partial charge >= 0.3 is 0 Å². The molecule has 1 aromatic carbocycles. The minimum Gasteiger partial charge on any atom is -0.175 e. The second-order valence-electron chi connectivity index (χ2n) is 2.11. The summed E-state index contributed by atoms with van der Waals surface area (Å²) >= 11 is 7.55. The van der Waals surface area contributed by atoms with Crippen molar-refractivity contribution in [1.82, 2.24) is 0 Å². The third-order valence-corrected chi connectivity index (χ3v) is 2.37. The number of rotatable bonds is 2. The lowest BCUT2D eigenvalue weighted by atomic mass is 10.2. The highest BCUT2D eigenvalue weighted by atomic mass is 79.9. The monoisotopic (exact) mass is 216 g/mol. The number of alkyl halides is 1. The molecule has 0 saturated carbocycles. The molecule has 0 saturated heterocycles. The maximum atomic E-state index is 4.16. The van der Waals surface area contributed by atoms with E-state index in [1.807, 2.05) is 0 Å². The maximum Gasteiger partial charge on any atom is 0.0283 e. The van der Waals surface area contributed by atoms with Crippen LogP contribution in [-0.2, 0) is 11.1 Å². The van der Waals surface area contributed by atoms with Crippen LogP contribution in [0.1, 0.15) is 11.1 Å². The summed E-state index contributed by atoms with van der Waals surface area (Å²) in [4.78, 5) is 0. The van der Waals surface area contributed by atoms with Crippen LogP contribution in [0.15, 0.2) is 24.3 Å².